The van der Waals surface area contributed by atoms with Crippen LogP contribution in [0.3, 0.4) is 0 Å². The summed E-state index contributed by atoms with van der Waals surface area (Å²) in [4.78, 5) is 22.5. The molecule has 8 nitrogen and oxygen atoms in total. The lowest BCUT2D eigenvalue weighted by atomic mass is 10.2. The average Bonchev–Trinajstić information content (AvgIpc) is 3.58. The smallest absolute Gasteiger partial charge is 0.256 e. The summed E-state index contributed by atoms with van der Waals surface area (Å²) in [6, 6.07) is 14.0. The maximum atomic E-state index is 14.5. The first-order valence-corrected chi connectivity index (χ1v) is 11.8. The van der Waals surface area contributed by atoms with E-state index in [0.717, 1.165) is 44.1 Å². The monoisotopic (exact) mass is 473 g/mol. The van der Waals surface area contributed by atoms with E-state index in [-0.39, 0.29) is 11.6 Å². The Morgan fingerprint density at radius 3 is 2.46 bits per heavy atom. The lowest BCUT2D eigenvalue weighted by Gasteiger charge is -2.34. The van der Waals surface area contributed by atoms with Crippen LogP contribution in [0.5, 0.6) is 0 Å². The van der Waals surface area contributed by atoms with Crippen molar-refractivity contribution in [2.24, 2.45) is 0 Å². The van der Waals surface area contributed by atoms with Crippen LogP contribution in [-0.2, 0) is 6.54 Å². The molecule has 1 aromatic carbocycles. The van der Waals surface area contributed by atoms with Crippen LogP contribution in [-0.4, -0.2) is 62.9 Å². The molecule has 1 aliphatic heterocycles. The number of nitrogens with one attached hydrogen (secondary N) is 1. The Morgan fingerprint density at radius 1 is 1.00 bits per heavy atom. The maximum Gasteiger partial charge on any atom is 0.256 e. The van der Waals surface area contributed by atoms with E-state index in [1.807, 2.05) is 24.3 Å². The summed E-state index contributed by atoms with van der Waals surface area (Å²) in [5.41, 5.74) is 1.52. The highest BCUT2D eigenvalue weighted by molar-refractivity contribution is 5.97. The normalized spacial score (nSPS) is 14.3. The number of likely N-dealkylation sites (N-methyl/N-ethyl adjacent to an activating group) is 1. The molecule has 0 aliphatic carbocycles. The number of nitrogens with zero attached hydrogens (tertiary/aromatic N) is 6. The van der Waals surface area contributed by atoms with E-state index in [9.17, 15) is 9.18 Å². The van der Waals surface area contributed by atoms with Gasteiger partial charge in [0.2, 0.25) is 0 Å². The van der Waals surface area contributed by atoms with Crippen molar-refractivity contribution >= 4 is 11.7 Å². The first-order chi connectivity index (χ1) is 17.1. The molecule has 1 N–H and O–H groups in total. The van der Waals surface area contributed by atoms with Gasteiger partial charge in [-0.2, -0.15) is 5.10 Å². The minimum Gasteiger partial charge on any atom is -0.354 e. The summed E-state index contributed by atoms with van der Waals surface area (Å²) in [5.74, 6) is 0.712. The molecule has 9 heteroatoms. The van der Waals surface area contributed by atoms with Crippen LogP contribution in [0, 0.1) is 5.82 Å². The lowest BCUT2D eigenvalue weighted by Crippen LogP contribution is -2.46. The third-order valence-electron chi connectivity index (χ3n) is 6.32. The summed E-state index contributed by atoms with van der Waals surface area (Å²) in [5, 5.41) is 7.28. The van der Waals surface area contributed by atoms with Crippen LogP contribution in [0.15, 0.2) is 73.3 Å². The van der Waals surface area contributed by atoms with Gasteiger partial charge in [0, 0.05) is 51.3 Å². The van der Waals surface area contributed by atoms with Crippen molar-refractivity contribution in [3.63, 3.8) is 0 Å². The van der Waals surface area contributed by atoms with Gasteiger partial charge in [-0.25, -0.2) is 14.1 Å². The van der Waals surface area contributed by atoms with Crippen molar-refractivity contribution in [3.05, 3.63) is 90.3 Å². The lowest BCUT2D eigenvalue weighted by molar-refractivity contribution is 0.0951. The largest absolute Gasteiger partial charge is 0.354 e. The van der Waals surface area contributed by atoms with Crippen molar-refractivity contribution in [2.45, 2.75) is 13.5 Å². The summed E-state index contributed by atoms with van der Waals surface area (Å²) in [6.07, 6.45) is 6.87. The van der Waals surface area contributed by atoms with Gasteiger partial charge in [-0.15, -0.1) is 0 Å². The Kier molecular flexibility index (Phi) is 6.58. The van der Waals surface area contributed by atoms with Crippen molar-refractivity contribution in [1.29, 1.82) is 0 Å². The minimum atomic E-state index is -0.418. The predicted molar refractivity (Wildman–Crippen MR) is 133 cm³/mol. The highest BCUT2D eigenvalue weighted by Gasteiger charge is 2.21. The quantitative estimate of drug-likeness (QED) is 0.446. The van der Waals surface area contributed by atoms with Gasteiger partial charge in [-0.3, -0.25) is 4.79 Å². The molecule has 4 heterocycles. The number of hydrogen-bond donors (Lipinski definition) is 1. The molecule has 180 valence electrons. The number of halogens is 1. The summed E-state index contributed by atoms with van der Waals surface area (Å²) in [7, 11) is 0. The highest BCUT2D eigenvalue weighted by atomic mass is 19.1. The first kappa shape index (κ1) is 22.8. The fourth-order valence-corrected chi connectivity index (χ4v) is 4.31. The van der Waals surface area contributed by atoms with E-state index >= 15 is 0 Å². The second-order valence-electron chi connectivity index (χ2n) is 8.46. The van der Waals surface area contributed by atoms with Crippen LogP contribution < -0.4 is 10.2 Å². The van der Waals surface area contributed by atoms with Gasteiger partial charge in [0.1, 0.15) is 22.9 Å². The van der Waals surface area contributed by atoms with Crippen molar-refractivity contribution in [2.75, 3.05) is 37.6 Å². The van der Waals surface area contributed by atoms with Crippen LogP contribution in [0.25, 0.3) is 11.5 Å². The molecule has 1 fully saturated rings. The van der Waals surface area contributed by atoms with Gasteiger partial charge in [0.05, 0.1) is 6.20 Å². The average molecular weight is 474 g/mol. The number of pyridine rings is 1. The van der Waals surface area contributed by atoms with Gasteiger partial charge in [-0.1, -0.05) is 25.1 Å². The van der Waals surface area contributed by atoms with Gasteiger partial charge >= 0.3 is 0 Å². The Morgan fingerprint density at radius 2 is 1.77 bits per heavy atom. The molecular formula is C26H28FN7O. The molecule has 1 aliphatic rings. The molecule has 0 unspecified atom stereocenters. The Hall–Kier alpha value is -3.98. The van der Waals surface area contributed by atoms with Gasteiger partial charge in [0.25, 0.3) is 5.91 Å². The van der Waals surface area contributed by atoms with Gasteiger partial charge in [0.15, 0.2) is 5.82 Å². The van der Waals surface area contributed by atoms with Gasteiger partial charge in [-0.05, 0) is 42.4 Å². The minimum absolute atomic E-state index is 0.273. The number of aromatic nitrogens is 4. The van der Waals surface area contributed by atoms with Crippen LogP contribution >= 0.6 is 0 Å². The molecule has 35 heavy (non-hydrogen) atoms. The molecule has 0 spiro atoms. The van der Waals surface area contributed by atoms with Crippen LogP contribution in [0.1, 0.15) is 22.8 Å². The zero-order valence-electron chi connectivity index (χ0n) is 19.6. The molecule has 3 aromatic heterocycles. The van der Waals surface area contributed by atoms with E-state index in [2.05, 4.69) is 32.1 Å². The SMILES string of the molecule is CCN1CCN(c2ccc(CNC(=O)c3cnn(-c4ccccc4F)c3-n3cccc3)cn2)CC1. The number of anilines is 1. The Labute approximate surface area is 203 Å². The van der Waals surface area contributed by atoms with Crippen LogP contribution in [0.4, 0.5) is 10.2 Å². The molecule has 0 atom stereocenters. The molecule has 1 amide bonds. The molecule has 4 aromatic rings. The molecule has 0 saturated carbocycles. The molecule has 0 radical (unpaired) electrons. The van der Waals surface area contributed by atoms with Crippen molar-refractivity contribution < 1.29 is 9.18 Å². The second kappa shape index (κ2) is 10.1. The molecule has 1 saturated heterocycles. The topological polar surface area (TPSA) is 71.2 Å². The highest BCUT2D eigenvalue weighted by Crippen LogP contribution is 2.22. The van der Waals surface area contributed by atoms with E-state index in [4.69, 9.17) is 0 Å². The number of rotatable bonds is 7. The number of amides is 1. The van der Waals surface area contributed by atoms with E-state index in [1.165, 1.54) is 16.9 Å². The number of hydrogen-bond acceptors (Lipinski definition) is 5. The molecule has 5 rings (SSSR count). The number of piperazine rings is 1. The van der Waals surface area contributed by atoms with E-state index in [1.54, 1.807) is 41.4 Å². The zero-order valence-corrected chi connectivity index (χ0v) is 19.6. The fourth-order valence-electron chi connectivity index (χ4n) is 4.31. The van der Waals surface area contributed by atoms with Gasteiger partial charge < -0.3 is 19.7 Å². The summed E-state index contributed by atoms with van der Waals surface area (Å²) in [6.45, 7) is 7.59. The molecular weight excluding hydrogens is 445 g/mol. The van der Waals surface area contributed by atoms with Crippen molar-refractivity contribution in [3.8, 4) is 11.5 Å². The second-order valence-corrected chi connectivity index (χ2v) is 8.46. The standard InChI is InChI=1S/C26H28FN7O/c1-2-31-13-15-32(16-14-31)24-10-9-20(17-28-24)18-29-25(35)21-19-30-34(23-8-4-3-7-22(23)27)26(21)33-11-5-6-12-33/h3-12,17,19H,2,13-16,18H2,1H3,(H,29,35). The predicted octanol–water partition coefficient (Wildman–Crippen LogP) is 3.27. The van der Waals surface area contributed by atoms with E-state index in [0.29, 0.717) is 17.9 Å². The Bertz CT molecular complexity index is 1280. The maximum absolute atomic E-state index is 14.5. The first-order valence-electron chi connectivity index (χ1n) is 11.8. The number of carbonyl (C=O) groups excluding carboxylic acids is 1. The van der Waals surface area contributed by atoms with E-state index < -0.39 is 5.82 Å². The number of para-hydroxylation sites is 1. The Balaban J connectivity index is 1.30. The zero-order chi connectivity index (χ0) is 24.2. The molecule has 0 bridgehead atoms. The van der Waals surface area contributed by atoms with Crippen LogP contribution in [0.2, 0.25) is 0 Å². The number of carbonyl (C=O) groups is 1. The van der Waals surface area contributed by atoms with Crippen molar-refractivity contribution in [1.82, 2.24) is 29.5 Å². The summed E-state index contributed by atoms with van der Waals surface area (Å²) < 4.78 is 17.7. The number of benzene rings is 1. The third kappa shape index (κ3) is 4.81. The third-order valence-corrected chi connectivity index (χ3v) is 6.32. The fraction of sp³-hybridized carbons (Fsp3) is 0.269. The summed E-state index contributed by atoms with van der Waals surface area (Å²) >= 11 is 0.